The van der Waals surface area contributed by atoms with E-state index in [2.05, 4.69) is 0 Å². The molecule has 1 aliphatic carbocycles. The van der Waals surface area contributed by atoms with Gasteiger partial charge in [-0.15, -0.1) is 0 Å². The van der Waals surface area contributed by atoms with Crippen molar-refractivity contribution in [2.24, 2.45) is 0 Å². The Bertz CT molecular complexity index is 871. The van der Waals surface area contributed by atoms with E-state index < -0.39 is 10.9 Å². The normalized spacial score (nSPS) is 16.7. The van der Waals surface area contributed by atoms with E-state index >= 15 is 0 Å². The maximum absolute atomic E-state index is 12.1. The van der Waals surface area contributed by atoms with Crippen LogP contribution in [0.3, 0.4) is 0 Å². The summed E-state index contributed by atoms with van der Waals surface area (Å²) in [7, 11) is 0. The minimum Gasteiger partial charge on any atom is -0.453 e. The monoisotopic (exact) mass is 369 g/mol. The van der Waals surface area contributed by atoms with Gasteiger partial charge in [0.25, 0.3) is 11.2 Å². The molecule has 2 aromatic rings. The highest BCUT2D eigenvalue weighted by Gasteiger charge is 2.20. The molecule has 1 saturated carbocycles. The number of pyridine rings is 1. The Morgan fingerprint density at radius 2 is 1.88 bits per heavy atom. The molecule has 0 saturated heterocycles. The second-order valence-electron chi connectivity index (χ2n) is 5.44. The van der Waals surface area contributed by atoms with Gasteiger partial charge in [0.15, 0.2) is 5.75 Å². The van der Waals surface area contributed by atoms with E-state index in [1.165, 1.54) is 22.9 Å². The van der Waals surface area contributed by atoms with E-state index in [-0.39, 0.29) is 32.8 Å². The molecule has 0 amide bonds. The van der Waals surface area contributed by atoms with Gasteiger partial charge in [-0.2, -0.15) is 0 Å². The van der Waals surface area contributed by atoms with Gasteiger partial charge in [0, 0.05) is 24.2 Å². The third-order valence-corrected chi connectivity index (χ3v) is 4.38. The van der Waals surface area contributed by atoms with E-state index in [0.29, 0.717) is 12.8 Å². The van der Waals surface area contributed by atoms with Crippen LogP contribution in [0.25, 0.3) is 0 Å². The SMILES string of the molecule is [2H]C1(n2cc(Oc3c(Cl)cc([N+](=O)[O-])cc3Cl)ccc2=O)CCCC1. The first kappa shape index (κ1) is 15.5. The first-order valence-electron chi connectivity index (χ1n) is 7.85. The second kappa shape index (κ2) is 6.83. The van der Waals surface area contributed by atoms with Crippen LogP contribution < -0.4 is 10.3 Å². The van der Waals surface area contributed by atoms with Gasteiger partial charge in [-0.05, 0) is 18.9 Å². The van der Waals surface area contributed by atoms with Crippen molar-refractivity contribution in [3.63, 3.8) is 0 Å². The molecule has 8 heteroatoms. The molecule has 3 rings (SSSR count). The van der Waals surface area contributed by atoms with Gasteiger partial charge in [-0.25, -0.2) is 0 Å². The highest BCUT2D eigenvalue weighted by Crippen LogP contribution is 2.39. The van der Waals surface area contributed by atoms with E-state index in [1.54, 1.807) is 0 Å². The molecule has 6 nitrogen and oxygen atoms in total. The van der Waals surface area contributed by atoms with Crippen LogP contribution in [0.1, 0.15) is 33.1 Å². The minimum atomic E-state index is -0.987. The number of benzene rings is 1. The molecule has 0 atom stereocenters. The lowest BCUT2D eigenvalue weighted by molar-refractivity contribution is -0.384. The van der Waals surface area contributed by atoms with Crippen molar-refractivity contribution >= 4 is 28.9 Å². The fourth-order valence-corrected chi connectivity index (χ4v) is 3.22. The van der Waals surface area contributed by atoms with Crippen LogP contribution in [-0.4, -0.2) is 9.49 Å². The Hall–Kier alpha value is -2.05. The number of ether oxygens (including phenoxy) is 1. The molecule has 0 spiro atoms. The highest BCUT2D eigenvalue weighted by molar-refractivity contribution is 6.37. The number of non-ortho nitro benzene ring substituents is 1. The smallest absolute Gasteiger partial charge is 0.272 e. The second-order valence-corrected chi connectivity index (χ2v) is 6.26. The molecular weight excluding hydrogens is 355 g/mol. The van der Waals surface area contributed by atoms with Crippen LogP contribution in [0.4, 0.5) is 5.69 Å². The van der Waals surface area contributed by atoms with Crippen molar-refractivity contribution in [2.75, 3.05) is 0 Å². The Morgan fingerprint density at radius 1 is 1.25 bits per heavy atom. The third kappa shape index (κ3) is 3.39. The fourth-order valence-electron chi connectivity index (χ4n) is 2.67. The summed E-state index contributed by atoms with van der Waals surface area (Å²) >= 11 is 12.1. The predicted molar refractivity (Wildman–Crippen MR) is 91.4 cm³/mol. The lowest BCUT2D eigenvalue weighted by Gasteiger charge is -2.15. The van der Waals surface area contributed by atoms with Crippen molar-refractivity contribution in [2.45, 2.75) is 31.7 Å². The largest absolute Gasteiger partial charge is 0.453 e. The molecule has 0 N–H and O–H groups in total. The summed E-state index contributed by atoms with van der Waals surface area (Å²) in [4.78, 5) is 22.4. The molecule has 0 unspecified atom stereocenters. The zero-order valence-corrected chi connectivity index (χ0v) is 14.0. The van der Waals surface area contributed by atoms with Crippen molar-refractivity contribution in [1.29, 1.82) is 0 Å². The number of hydrogen-bond donors (Lipinski definition) is 0. The maximum Gasteiger partial charge on any atom is 0.272 e. The molecular formula is C16H14Cl2N2O4. The number of rotatable bonds is 4. The lowest BCUT2D eigenvalue weighted by atomic mass is 10.2. The van der Waals surface area contributed by atoms with E-state index in [4.69, 9.17) is 29.3 Å². The number of nitrogens with zero attached hydrogens (tertiary/aromatic N) is 2. The van der Waals surface area contributed by atoms with Crippen molar-refractivity contribution in [3.8, 4) is 11.5 Å². The van der Waals surface area contributed by atoms with Crippen LogP contribution in [-0.2, 0) is 0 Å². The summed E-state index contributed by atoms with van der Waals surface area (Å²) in [5.74, 6) is 0.334. The van der Waals surface area contributed by atoms with Gasteiger partial charge in [0.1, 0.15) is 5.75 Å². The van der Waals surface area contributed by atoms with E-state index in [9.17, 15) is 14.9 Å². The first-order chi connectivity index (χ1) is 11.8. The lowest BCUT2D eigenvalue weighted by Crippen LogP contribution is -2.21. The predicted octanol–water partition coefficient (Wildman–Crippen LogP) is 4.97. The minimum absolute atomic E-state index is 0.0154. The van der Waals surface area contributed by atoms with Gasteiger partial charge >= 0.3 is 0 Å². The molecule has 1 aromatic heterocycles. The molecule has 1 aliphatic rings. The van der Waals surface area contributed by atoms with Crippen LogP contribution in [0.2, 0.25) is 10.0 Å². The van der Waals surface area contributed by atoms with E-state index in [0.717, 1.165) is 25.0 Å². The van der Waals surface area contributed by atoms with Crippen LogP contribution in [0, 0.1) is 10.1 Å². The van der Waals surface area contributed by atoms with Crippen LogP contribution in [0.15, 0.2) is 35.3 Å². The van der Waals surface area contributed by atoms with Gasteiger partial charge in [-0.3, -0.25) is 14.9 Å². The molecule has 0 radical (unpaired) electrons. The van der Waals surface area contributed by atoms with Crippen molar-refractivity contribution in [1.82, 2.24) is 4.57 Å². The summed E-state index contributed by atoms with van der Waals surface area (Å²) in [6.07, 6.45) is 4.42. The summed E-state index contributed by atoms with van der Waals surface area (Å²) < 4.78 is 15.5. The van der Waals surface area contributed by atoms with Gasteiger partial charge in [0.2, 0.25) is 0 Å². The number of nitro benzene ring substituents is 1. The van der Waals surface area contributed by atoms with Crippen molar-refractivity contribution < 1.29 is 11.0 Å². The molecule has 0 aliphatic heterocycles. The van der Waals surface area contributed by atoms with Gasteiger partial charge < -0.3 is 9.30 Å². The first-order valence-corrected chi connectivity index (χ1v) is 8.10. The molecule has 1 fully saturated rings. The fraction of sp³-hybridized carbons (Fsp3) is 0.312. The topological polar surface area (TPSA) is 74.4 Å². The van der Waals surface area contributed by atoms with Gasteiger partial charge in [0.05, 0.1) is 22.5 Å². The number of halogens is 2. The Kier molecular flexibility index (Phi) is 4.40. The Balaban J connectivity index is 1.97. The third-order valence-electron chi connectivity index (χ3n) is 3.82. The molecule has 0 bridgehead atoms. The quantitative estimate of drug-likeness (QED) is 0.563. The molecule has 1 aromatic carbocycles. The Morgan fingerprint density at radius 3 is 2.46 bits per heavy atom. The highest BCUT2D eigenvalue weighted by atomic mass is 35.5. The zero-order valence-electron chi connectivity index (χ0n) is 13.5. The van der Waals surface area contributed by atoms with Crippen LogP contribution >= 0.6 is 23.2 Å². The van der Waals surface area contributed by atoms with E-state index in [1.807, 2.05) is 0 Å². The summed E-state index contributed by atoms with van der Waals surface area (Å²) in [6, 6.07) is 4.06. The summed E-state index contributed by atoms with van der Waals surface area (Å²) in [5.41, 5.74) is -0.534. The standard InChI is InChI=1S/C16H14Cl2N2O4/c17-13-7-11(20(22)23)8-14(18)16(13)24-12-5-6-15(21)19(9-12)10-3-1-2-4-10/h5-10H,1-4H2/i10D. The average molecular weight is 370 g/mol. The summed E-state index contributed by atoms with van der Waals surface area (Å²) in [5, 5.41) is 10.8. The number of aromatic nitrogens is 1. The van der Waals surface area contributed by atoms with Crippen LogP contribution in [0.5, 0.6) is 11.5 Å². The van der Waals surface area contributed by atoms with Gasteiger partial charge in [-0.1, -0.05) is 36.0 Å². The Labute approximate surface area is 149 Å². The molecule has 126 valence electrons. The average Bonchev–Trinajstić information content (AvgIpc) is 2.99. The summed E-state index contributed by atoms with van der Waals surface area (Å²) in [6.45, 7) is 0. The number of nitro groups is 1. The number of hydrogen-bond acceptors (Lipinski definition) is 4. The molecule has 24 heavy (non-hydrogen) atoms. The molecule has 1 heterocycles. The van der Waals surface area contributed by atoms with Crippen molar-refractivity contribution in [3.05, 3.63) is 61.0 Å². The maximum atomic E-state index is 12.1. The zero-order chi connectivity index (χ0) is 18.2.